The highest BCUT2D eigenvalue weighted by atomic mass is 35.5. The van der Waals surface area contributed by atoms with E-state index in [-0.39, 0.29) is 23.0 Å². The van der Waals surface area contributed by atoms with Crippen LogP contribution in [0, 0.1) is 0 Å². The van der Waals surface area contributed by atoms with Crippen LogP contribution < -0.4 is 5.32 Å². The molecule has 184 valence electrons. The van der Waals surface area contributed by atoms with E-state index in [1.165, 1.54) is 5.56 Å². The number of anilines is 1. The number of rotatable bonds is 4. The molecular weight excluding hydrogens is 479 g/mol. The molecule has 1 saturated heterocycles. The molecule has 1 N–H and O–H groups in total. The number of alkyl halides is 3. The van der Waals surface area contributed by atoms with Gasteiger partial charge in [0.05, 0.1) is 6.04 Å². The molecule has 2 aromatic carbocycles. The van der Waals surface area contributed by atoms with Crippen molar-refractivity contribution in [2.24, 2.45) is 0 Å². The summed E-state index contributed by atoms with van der Waals surface area (Å²) in [4.78, 5) is 17.1. The predicted molar refractivity (Wildman–Crippen MR) is 127 cm³/mol. The Hall–Kier alpha value is -3.04. The average molecular weight is 504 g/mol. The highest BCUT2D eigenvalue weighted by molar-refractivity contribution is 6.36. The Morgan fingerprint density at radius 3 is 2.26 bits per heavy atom. The summed E-state index contributed by atoms with van der Waals surface area (Å²) in [5.41, 5.74) is 1.76. The highest BCUT2D eigenvalue weighted by Gasteiger charge is 2.48. The Bertz CT molecular complexity index is 1180. The Morgan fingerprint density at radius 2 is 1.63 bits per heavy atom. The van der Waals surface area contributed by atoms with E-state index in [1.54, 1.807) is 35.2 Å². The topological polar surface area (TPSA) is 53.4 Å². The molecule has 0 bridgehead atoms. The van der Waals surface area contributed by atoms with Crippen LogP contribution in [0.25, 0.3) is 0 Å². The van der Waals surface area contributed by atoms with Crippen LogP contribution in [0.15, 0.2) is 60.7 Å². The summed E-state index contributed by atoms with van der Waals surface area (Å²) in [6, 6.07) is 16.5. The van der Waals surface area contributed by atoms with Crippen molar-refractivity contribution < 1.29 is 18.0 Å². The van der Waals surface area contributed by atoms with Crippen LogP contribution in [-0.2, 0) is 6.54 Å². The summed E-state index contributed by atoms with van der Waals surface area (Å²) in [5, 5.41) is 7.10. The molecule has 35 heavy (non-hydrogen) atoms. The molecule has 10 heteroatoms. The summed E-state index contributed by atoms with van der Waals surface area (Å²) in [7, 11) is 0. The van der Waals surface area contributed by atoms with Gasteiger partial charge in [-0.3, -0.25) is 9.69 Å². The fourth-order valence-corrected chi connectivity index (χ4v) is 4.99. The second-order valence-electron chi connectivity index (χ2n) is 8.91. The quantitative estimate of drug-likeness (QED) is 0.534. The zero-order valence-electron chi connectivity index (χ0n) is 18.9. The fourth-order valence-electron chi connectivity index (χ4n) is 4.73. The van der Waals surface area contributed by atoms with Crippen LogP contribution in [0.4, 0.5) is 19.0 Å². The second kappa shape index (κ2) is 9.54. The number of nitrogens with zero attached hydrogens (tertiary/aromatic N) is 4. The van der Waals surface area contributed by atoms with Crippen molar-refractivity contribution >= 4 is 23.3 Å². The maximum Gasteiger partial charge on any atom is 0.410 e. The van der Waals surface area contributed by atoms with E-state index in [0.717, 1.165) is 11.2 Å². The van der Waals surface area contributed by atoms with E-state index < -0.39 is 24.2 Å². The first-order valence-corrected chi connectivity index (χ1v) is 11.9. The third-order valence-corrected chi connectivity index (χ3v) is 6.97. The monoisotopic (exact) mass is 503 g/mol. The summed E-state index contributed by atoms with van der Waals surface area (Å²) in [6.07, 6.45) is -4.78. The van der Waals surface area contributed by atoms with Gasteiger partial charge in [-0.25, -0.2) is 4.68 Å². The van der Waals surface area contributed by atoms with E-state index in [0.29, 0.717) is 31.7 Å². The van der Waals surface area contributed by atoms with Crippen LogP contribution in [-0.4, -0.2) is 57.8 Å². The van der Waals surface area contributed by atoms with Gasteiger partial charge in [0.2, 0.25) is 0 Å². The van der Waals surface area contributed by atoms with E-state index >= 15 is 0 Å². The van der Waals surface area contributed by atoms with Gasteiger partial charge in [0.25, 0.3) is 5.91 Å². The third kappa shape index (κ3) is 4.88. The molecule has 0 spiro atoms. The number of fused-ring (bicyclic) bond motifs is 1. The number of amides is 1. The summed E-state index contributed by atoms with van der Waals surface area (Å²) >= 11 is 6.49. The average Bonchev–Trinajstić information content (AvgIpc) is 3.20. The van der Waals surface area contributed by atoms with Crippen molar-refractivity contribution in [3.8, 4) is 0 Å². The first-order valence-electron chi connectivity index (χ1n) is 11.5. The SMILES string of the molecule is O=C(c1nn2c(c1Cl)N[C@H](c1ccccc1)C[C@H]2C(F)(F)F)N1CCN(Cc2ccccc2)CC1. The molecular formula is C25H25ClF3N5O. The van der Waals surface area contributed by atoms with Gasteiger partial charge in [0.1, 0.15) is 10.8 Å². The van der Waals surface area contributed by atoms with Crippen LogP contribution in [0.3, 0.4) is 0 Å². The van der Waals surface area contributed by atoms with Crippen molar-refractivity contribution in [2.75, 3.05) is 31.5 Å². The number of aromatic nitrogens is 2. The molecule has 0 unspecified atom stereocenters. The Balaban J connectivity index is 1.34. The molecule has 0 aliphatic carbocycles. The predicted octanol–water partition coefficient (Wildman–Crippen LogP) is 5.15. The van der Waals surface area contributed by atoms with Crippen LogP contribution in [0.2, 0.25) is 5.02 Å². The molecule has 2 atom stereocenters. The van der Waals surface area contributed by atoms with Crippen LogP contribution in [0.1, 0.15) is 40.1 Å². The van der Waals surface area contributed by atoms with Gasteiger partial charge < -0.3 is 10.2 Å². The maximum absolute atomic E-state index is 14.0. The van der Waals surface area contributed by atoms with Crippen molar-refractivity contribution in [1.82, 2.24) is 19.6 Å². The number of hydrogen-bond acceptors (Lipinski definition) is 4. The molecule has 6 nitrogen and oxygen atoms in total. The number of carbonyl (C=O) groups excluding carboxylic acids is 1. The molecule has 2 aliphatic rings. The Morgan fingerprint density at radius 1 is 1.00 bits per heavy atom. The molecule has 1 aromatic heterocycles. The summed E-state index contributed by atoms with van der Waals surface area (Å²) in [5.74, 6) is -0.421. The van der Waals surface area contributed by atoms with Gasteiger partial charge in [-0.1, -0.05) is 72.3 Å². The van der Waals surface area contributed by atoms with Crippen molar-refractivity contribution in [1.29, 1.82) is 0 Å². The summed E-state index contributed by atoms with van der Waals surface area (Å²) in [6.45, 7) is 3.00. The van der Waals surface area contributed by atoms with Crippen LogP contribution in [0.5, 0.6) is 0 Å². The molecule has 3 heterocycles. The van der Waals surface area contributed by atoms with Crippen molar-refractivity contribution in [2.45, 2.75) is 31.2 Å². The largest absolute Gasteiger partial charge is 0.410 e. The molecule has 0 saturated carbocycles. The highest BCUT2D eigenvalue weighted by Crippen LogP contribution is 2.46. The van der Waals surface area contributed by atoms with E-state index in [4.69, 9.17) is 11.6 Å². The first-order chi connectivity index (χ1) is 16.8. The van der Waals surface area contributed by atoms with Gasteiger partial charge >= 0.3 is 6.18 Å². The number of piperazine rings is 1. The van der Waals surface area contributed by atoms with E-state index in [2.05, 4.69) is 27.4 Å². The maximum atomic E-state index is 14.0. The number of nitrogens with one attached hydrogen (secondary N) is 1. The minimum atomic E-state index is -4.54. The lowest BCUT2D eigenvalue weighted by Gasteiger charge is -2.34. The van der Waals surface area contributed by atoms with Gasteiger partial charge in [0.15, 0.2) is 11.7 Å². The lowest BCUT2D eigenvalue weighted by Crippen LogP contribution is -2.48. The molecule has 3 aromatic rings. The molecule has 5 rings (SSSR count). The molecule has 1 amide bonds. The lowest BCUT2D eigenvalue weighted by atomic mass is 9.97. The standard InChI is InChI=1S/C25H25ClF3N5O/c26-21-22(24(35)33-13-11-32(12-14-33)16-17-7-3-1-4-8-17)31-34-20(25(27,28)29)15-19(30-23(21)34)18-9-5-2-6-10-18/h1-10,19-20,30H,11-16H2/t19-,20-/m0/s1. The molecule has 0 radical (unpaired) electrons. The second-order valence-corrected chi connectivity index (χ2v) is 9.29. The van der Waals surface area contributed by atoms with Gasteiger partial charge in [-0.15, -0.1) is 0 Å². The normalized spacial score (nSPS) is 20.9. The lowest BCUT2D eigenvalue weighted by molar-refractivity contribution is -0.173. The summed E-state index contributed by atoms with van der Waals surface area (Å²) < 4.78 is 42.8. The minimum absolute atomic E-state index is 0.0279. The van der Waals surface area contributed by atoms with Crippen molar-refractivity contribution in [3.63, 3.8) is 0 Å². The van der Waals surface area contributed by atoms with Gasteiger partial charge in [-0.2, -0.15) is 18.3 Å². The smallest absolute Gasteiger partial charge is 0.362 e. The van der Waals surface area contributed by atoms with Crippen molar-refractivity contribution in [3.05, 3.63) is 82.5 Å². The van der Waals surface area contributed by atoms with E-state index in [9.17, 15) is 18.0 Å². The Labute approximate surface area is 206 Å². The molecule has 2 aliphatic heterocycles. The number of carbonyl (C=O) groups is 1. The number of halogens is 4. The van der Waals surface area contributed by atoms with E-state index in [1.807, 2.05) is 18.2 Å². The number of benzene rings is 2. The van der Waals surface area contributed by atoms with Crippen LogP contribution >= 0.6 is 11.6 Å². The number of hydrogen-bond donors (Lipinski definition) is 1. The molecule has 1 fully saturated rings. The minimum Gasteiger partial charge on any atom is -0.362 e. The first kappa shape index (κ1) is 23.7. The zero-order chi connectivity index (χ0) is 24.6. The fraction of sp³-hybridized carbons (Fsp3) is 0.360. The van der Waals surface area contributed by atoms with Gasteiger partial charge in [0, 0.05) is 39.1 Å². The third-order valence-electron chi connectivity index (χ3n) is 6.61. The zero-order valence-corrected chi connectivity index (χ0v) is 19.6. The Kier molecular flexibility index (Phi) is 6.46. The van der Waals surface area contributed by atoms with Gasteiger partial charge in [-0.05, 0) is 11.1 Å².